The van der Waals surface area contributed by atoms with Gasteiger partial charge in [0.1, 0.15) is 11.9 Å². The van der Waals surface area contributed by atoms with Gasteiger partial charge in [0, 0.05) is 6.04 Å². The molecule has 0 fully saturated rings. The molecule has 0 amide bonds. The average Bonchev–Trinajstić information content (AvgIpc) is 2.36. The lowest BCUT2D eigenvalue weighted by atomic mass is 10.1. The van der Waals surface area contributed by atoms with Gasteiger partial charge in [0.2, 0.25) is 0 Å². The van der Waals surface area contributed by atoms with Gasteiger partial charge in [-0.15, -0.1) is 0 Å². The van der Waals surface area contributed by atoms with E-state index in [0.29, 0.717) is 6.04 Å². The van der Waals surface area contributed by atoms with Crippen molar-refractivity contribution in [2.75, 3.05) is 6.54 Å². The molecule has 1 rings (SSSR count). The van der Waals surface area contributed by atoms with Gasteiger partial charge in [0.25, 0.3) is 0 Å². The van der Waals surface area contributed by atoms with Gasteiger partial charge in [0.15, 0.2) is 0 Å². The summed E-state index contributed by atoms with van der Waals surface area (Å²) >= 11 is 0. The predicted molar refractivity (Wildman–Crippen MR) is 73.7 cm³/mol. The summed E-state index contributed by atoms with van der Waals surface area (Å²) in [5, 5.41) is 3.46. The van der Waals surface area contributed by atoms with E-state index in [2.05, 4.69) is 51.2 Å². The number of hydrogen-bond donors (Lipinski definition) is 1. The maximum absolute atomic E-state index is 5.95. The van der Waals surface area contributed by atoms with Crippen LogP contribution in [-0.4, -0.2) is 18.7 Å². The van der Waals surface area contributed by atoms with Gasteiger partial charge >= 0.3 is 0 Å². The fraction of sp³-hybridized carbons (Fsp3) is 0.600. The zero-order valence-corrected chi connectivity index (χ0v) is 11.5. The SMILES string of the molecule is CCCNC(C)C(C)Oc1cccc(CC)c1. The summed E-state index contributed by atoms with van der Waals surface area (Å²) < 4.78 is 5.95. The molecule has 96 valence electrons. The second-order valence-electron chi connectivity index (χ2n) is 4.57. The number of rotatable bonds is 7. The van der Waals surface area contributed by atoms with Gasteiger partial charge in [-0.25, -0.2) is 0 Å². The normalized spacial score (nSPS) is 14.4. The zero-order valence-electron chi connectivity index (χ0n) is 11.5. The monoisotopic (exact) mass is 235 g/mol. The summed E-state index contributed by atoms with van der Waals surface area (Å²) in [5.74, 6) is 0.974. The molecule has 0 saturated heterocycles. The van der Waals surface area contributed by atoms with E-state index in [4.69, 9.17) is 4.74 Å². The molecule has 0 saturated carbocycles. The van der Waals surface area contributed by atoms with Crippen LogP contribution < -0.4 is 10.1 Å². The van der Waals surface area contributed by atoms with Crippen molar-refractivity contribution in [3.05, 3.63) is 29.8 Å². The molecule has 2 heteroatoms. The fourth-order valence-corrected chi connectivity index (χ4v) is 1.69. The van der Waals surface area contributed by atoms with E-state index in [9.17, 15) is 0 Å². The van der Waals surface area contributed by atoms with Crippen molar-refractivity contribution in [1.82, 2.24) is 5.32 Å². The van der Waals surface area contributed by atoms with Crippen molar-refractivity contribution in [2.45, 2.75) is 52.7 Å². The van der Waals surface area contributed by atoms with Gasteiger partial charge in [0.05, 0.1) is 0 Å². The van der Waals surface area contributed by atoms with E-state index in [0.717, 1.165) is 25.1 Å². The molecule has 0 aliphatic carbocycles. The average molecular weight is 235 g/mol. The molecule has 1 aromatic rings. The predicted octanol–water partition coefficient (Wildman–Crippen LogP) is 3.40. The summed E-state index contributed by atoms with van der Waals surface area (Å²) in [4.78, 5) is 0. The molecule has 0 radical (unpaired) electrons. The van der Waals surface area contributed by atoms with E-state index in [1.165, 1.54) is 5.56 Å². The second-order valence-corrected chi connectivity index (χ2v) is 4.57. The van der Waals surface area contributed by atoms with Crippen LogP contribution in [0.4, 0.5) is 0 Å². The van der Waals surface area contributed by atoms with Crippen molar-refractivity contribution in [3.8, 4) is 5.75 Å². The van der Waals surface area contributed by atoms with Crippen LogP contribution in [0.3, 0.4) is 0 Å². The molecular formula is C15H25NO. The molecule has 0 heterocycles. The lowest BCUT2D eigenvalue weighted by molar-refractivity contribution is 0.178. The topological polar surface area (TPSA) is 21.3 Å². The highest BCUT2D eigenvalue weighted by Gasteiger charge is 2.12. The largest absolute Gasteiger partial charge is 0.489 e. The molecule has 1 N–H and O–H groups in total. The van der Waals surface area contributed by atoms with Crippen LogP contribution in [0.25, 0.3) is 0 Å². The van der Waals surface area contributed by atoms with Crippen molar-refractivity contribution in [1.29, 1.82) is 0 Å². The van der Waals surface area contributed by atoms with Crippen molar-refractivity contribution in [2.24, 2.45) is 0 Å². The molecule has 1 aromatic carbocycles. The first-order valence-electron chi connectivity index (χ1n) is 6.66. The van der Waals surface area contributed by atoms with Crippen LogP contribution in [0.15, 0.2) is 24.3 Å². The number of nitrogens with one attached hydrogen (secondary N) is 1. The molecule has 2 nitrogen and oxygen atoms in total. The number of hydrogen-bond acceptors (Lipinski definition) is 2. The Morgan fingerprint density at radius 3 is 2.65 bits per heavy atom. The van der Waals surface area contributed by atoms with Gasteiger partial charge in [-0.3, -0.25) is 0 Å². The maximum Gasteiger partial charge on any atom is 0.120 e. The van der Waals surface area contributed by atoms with Gasteiger partial charge in [-0.1, -0.05) is 26.0 Å². The summed E-state index contributed by atoms with van der Waals surface area (Å²) in [6, 6.07) is 8.73. The van der Waals surface area contributed by atoms with E-state index in [1.807, 2.05) is 6.07 Å². The third kappa shape index (κ3) is 4.78. The molecule has 0 aromatic heterocycles. The van der Waals surface area contributed by atoms with E-state index in [1.54, 1.807) is 0 Å². The van der Waals surface area contributed by atoms with Gasteiger partial charge in [-0.2, -0.15) is 0 Å². The van der Waals surface area contributed by atoms with Gasteiger partial charge < -0.3 is 10.1 Å². The summed E-state index contributed by atoms with van der Waals surface area (Å²) in [7, 11) is 0. The standard InChI is InChI=1S/C15H25NO/c1-5-10-16-12(3)13(4)17-15-9-7-8-14(6-2)11-15/h7-9,11-13,16H,5-6,10H2,1-4H3. The molecule has 17 heavy (non-hydrogen) atoms. The summed E-state index contributed by atoms with van der Waals surface area (Å²) in [5.41, 5.74) is 1.32. The Hall–Kier alpha value is -1.02. The number of ether oxygens (including phenoxy) is 1. The van der Waals surface area contributed by atoms with Crippen molar-refractivity contribution >= 4 is 0 Å². The van der Waals surface area contributed by atoms with Crippen molar-refractivity contribution in [3.63, 3.8) is 0 Å². The first-order chi connectivity index (χ1) is 8.17. The zero-order chi connectivity index (χ0) is 12.7. The highest BCUT2D eigenvalue weighted by atomic mass is 16.5. The summed E-state index contributed by atoms with van der Waals surface area (Å²) in [6.07, 6.45) is 2.39. The van der Waals surface area contributed by atoms with Crippen LogP contribution in [-0.2, 0) is 6.42 Å². The fourth-order valence-electron chi connectivity index (χ4n) is 1.69. The molecule has 0 aliphatic rings. The lowest BCUT2D eigenvalue weighted by Gasteiger charge is -2.22. The molecule has 2 unspecified atom stereocenters. The number of aryl methyl sites for hydroxylation is 1. The highest BCUT2D eigenvalue weighted by Crippen LogP contribution is 2.16. The summed E-state index contributed by atoms with van der Waals surface area (Å²) in [6.45, 7) is 9.67. The van der Waals surface area contributed by atoms with E-state index >= 15 is 0 Å². The first kappa shape index (κ1) is 14.0. The molecule has 0 spiro atoms. The quantitative estimate of drug-likeness (QED) is 0.782. The Kier molecular flexibility index (Phi) is 6.06. The minimum Gasteiger partial charge on any atom is -0.489 e. The minimum atomic E-state index is 0.189. The third-order valence-corrected chi connectivity index (χ3v) is 3.05. The van der Waals surface area contributed by atoms with Gasteiger partial charge in [-0.05, 0) is 50.9 Å². The highest BCUT2D eigenvalue weighted by molar-refractivity contribution is 5.28. The first-order valence-corrected chi connectivity index (χ1v) is 6.66. The van der Waals surface area contributed by atoms with Crippen molar-refractivity contribution < 1.29 is 4.74 Å². The van der Waals surface area contributed by atoms with Crippen LogP contribution in [0.2, 0.25) is 0 Å². The third-order valence-electron chi connectivity index (χ3n) is 3.05. The van der Waals surface area contributed by atoms with Crippen LogP contribution >= 0.6 is 0 Å². The van der Waals surface area contributed by atoms with Crippen LogP contribution in [0, 0.1) is 0 Å². The number of benzene rings is 1. The van der Waals surface area contributed by atoms with E-state index < -0.39 is 0 Å². The smallest absolute Gasteiger partial charge is 0.120 e. The molecule has 2 atom stereocenters. The Morgan fingerprint density at radius 2 is 2.00 bits per heavy atom. The van der Waals surface area contributed by atoms with Crippen LogP contribution in [0.1, 0.15) is 39.7 Å². The van der Waals surface area contributed by atoms with E-state index in [-0.39, 0.29) is 6.10 Å². The maximum atomic E-state index is 5.95. The molecule has 0 bridgehead atoms. The Morgan fingerprint density at radius 1 is 1.24 bits per heavy atom. The Balaban J connectivity index is 2.51. The Labute approximate surface area is 105 Å². The molecule has 0 aliphatic heterocycles. The lowest BCUT2D eigenvalue weighted by Crippen LogP contribution is -2.39. The second kappa shape index (κ2) is 7.33. The van der Waals surface area contributed by atoms with Crippen LogP contribution in [0.5, 0.6) is 5.75 Å². The molecular weight excluding hydrogens is 210 g/mol. The Bertz CT molecular complexity index is 324. The minimum absolute atomic E-state index is 0.189.